The lowest BCUT2D eigenvalue weighted by molar-refractivity contribution is -0.146. The number of rotatable bonds is 6. The highest BCUT2D eigenvalue weighted by Gasteiger charge is 2.23. The number of aromatic nitrogens is 1. The molecule has 1 aliphatic rings. The van der Waals surface area contributed by atoms with Crippen LogP contribution in [0, 0.1) is 0 Å². The van der Waals surface area contributed by atoms with Crippen LogP contribution in [0.1, 0.15) is 26.7 Å². The van der Waals surface area contributed by atoms with Crippen molar-refractivity contribution in [2.24, 2.45) is 0 Å². The van der Waals surface area contributed by atoms with Gasteiger partial charge in [0.05, 0.1) is 18.5 Å². The minimum absolute atomic E-state index is 0.234. The van der Waals surface area contributed by atoms with Crippen LogP contribution in [-0.4, -0.2) is 34.8 Å². The van der Waals surface area contributed by atoms with E-state index in [1.807, 2.05) is 35.2 Å². The molecule has 0 radical (unpaired) electrons. The maximum absolute atomic E-state index is 12.1. The van der Waals surface area contributed by atoms with Gasteiger partial charge in [-0.25, -0.2) is 4.98 Å². The highest BCUT2D eigenvalue weighted by atomic mass is 32.1. The fourth-order valence-corrected chi connectivity index (χ4v) is 4.02. The molecule has 2 aromatic heterocycles. The summed E-state index contributed by atoms with van der Waals surface area (Å²) in [6, 6.07) is 12.9. The van der Waals surface area contributed by atoms with Gasteiger partial charge in [-0.1, -0.05) is 30.3 Å². The van der Waals surface area contributed by atoms with Gasteiger partial charge in [0.15, 0.2) is 10.9 Å². The van der Waals surface area contributed by atoms with Crippen molar-refractivity contribution < 1.29 is 18.7 Å². The van der Waals surface area contributed by atoms with Crippen molar-refractivity contribution in [1.29, 1.82) is 0 Å². The molecule has 1 aromatic carbocycles. The predicted molar refractivity (Wildman–Crippen MR) is 104 cm³/mol. The monoisotopic (exact) mass is 397 g/mol. The number of benzene rings is 1. The Kier molecular flexibility index (Phi) is 5.50. The molecule has 1 aliphatic heterocycles. The summed E-state index contributed by atoms with van der Waals surface area (Å²) in [6.45, 7) is 1.85. The van der Waals surface area contributed by atoms with E-state index in [0.29, 0.717) is 11.7 Å². The summed E-state index contributed by atoms with van der Waals surface area (Å²) in [5.41, 5.74) is 1.94. The minimum Gasteiger partial charge on any atom is -0.460 e. The van der Waals surface area contributed by atoms with Gasteiger partial charge < -0.3 is 9.15 Å². The molecule has 0 unspecified atom stereocenters. The molecule has 144 valence electrons. The fraction of sp³-hybridized carbons (Fsp3) is 0.250. The third-order valence-corrected chi connectivity index (χ3v) is 5.37. The first-order chi connectivity index (χ1) is 13.7. The molecule has 0 spiro atoms. The van der Waals surface area contributed by atoms with Crippen molar-refractivity contribution >= 4 is 28.3 Å². The zero-order valence-corrected chi connectivity index (χ0v) is 15.9. The molecule has 0 saturated heterocycles. The van der Waals surface area contributed by atoms with Crippen LogP contribution < -0.4 is 5.32 Å². The van der Waals surface area contributed by atoms with Gasteiger partial charge in [0.25, 0.3) is 5.91 Å². The third kappa shape index (κ3) is 4.47. The Morgan fingerprint density at radius 1 is 1.21 bits per heavy atom. The average molecular weight is 397 g/mol. The van der Waals surface area contributed by atoms with Gasteiger partial charge in [-0.3, -0.25) is 19.8 Å². The maximum atomic E-state index is 12.1. The standard InChI is InChI=1S/C20H19N3O4S/c24-18(27-13-14-5-2-1-3-6-14)12-23-9-8-15-17(11-23)28-20(21-15)22-19(25)16-7-4-10-26-16/h1-7,10H,8-9,11-13H2,(H,21,22,25). The number of nitrogens with zero attached hydrogens (tertiary/aromatic N) is 2. The molecule has 3 aromatic rings. The quantitative estimate of drug-likeness (QED) is 0.644. The van der Waals surface area contributed by atoms with Gasteiger partial charge in [0.1, 0.15) is 6.61 Å². The van der Waals surface area contributed by atoms with Crippen LogP contribution in [0.2, 0.25) is 0 Å². The number of hydrogen-bond donors (Lipinski definition) is 1. The number of nitrogens with one attached hydrogen (secondary N) is 1. The Hall–Kier alpha value is -2.97. The van der Waals surface area contributed by atoms with Crippen LogP contribution in [0.4, 0.5) is 5.13 Å². The predicted octanol–water partition coefficient (Wildman–Crippen LogP) is 3.09. The normalized spacial score (nSPS) is 13.7. The van der Waals surface area contributed by atoms with E-state index >= 15 is 0 Å². The molecule has 7 nitrogen and oxygen atoms in total. The molecule has 0 saturated carbocycles. The number of carbonyl (C=O) groups excluding carboxylic acids is 2. The summed E-state index contributed by atoms with van der Waals surface area (Å²) >= 11 is 1.42. The average Bonchev–Trinajstić information content (AvgIpc) is 3.36. The van der Waals surface area contributed by atoms with E-state index in [0.717, 1.165) is 29.1 Å². The smallest absolute Gasteiger partial charge is 0.320 e. The van der Waals surface area contributed by atoms with E-state index in [-0.39, 0.29) is 30.8 Å². The summed E-state index contributed by atoms with van der Waals surface area (Å²) in [6.07, 6.45) is 2.19. The van der Waals surface area contributed by atoms with Crippen LogP contribution in [0.5, 0.6) is 0 Å². The third-order valence-electron chi connectivity index (χ3n) is 4.37. The number of anilines is 1. The Bertz CT molecular complexity index is 953. The molecule has 0 fully saturated rings. The van der Waals surface area contributed by atoms with Crippen LogP contribution in [0.15, 0.2) is 53.1 Å². The summed E-state index contributed by atoms with van der Waals surface area (Å²) in [5.74, 6) is -0.323. The van der Waals surface area contributed by atoms with Gasteiger partial charge in [-0.05, 0) is 17.7 Å². The maximum Gasteiger partial charge on any atom is 0.320 e. The van der Waals surface area contributed by atoms with Gasteiger partial charge in [-0.15, -0.1) is 11.3 Å². The lowest BCUT2D eigenvalue weighted by atomic mass is 10.2. The summed E-state index contributed by atoms with van der Waals surface area (Å²) in [4.78, 5) is 31.8. The Labute approximate surface area is 165 Å². The number of ether oxygens (including phenoxy) is 1. The molecule has 0 bridgehead atoms. The first kappa shape index (κ1) is 18.4. The zero-order valence-electron chi connectivity index (χ0n) is 15.1. The summed E-state index contributed by atoms with van der Waals surface area (Å²) in [5, 5.41) is 3.30. The molecule has 3 heterocycles. The zero-order chi connectivity index (χ0) is 19.3. The van der Waals surface area contributed by atoms with E-state index in [9.17, 15) is 9.59 Å². The lowest BCUT2D eigenvalue weighted by Gasteiger charge is -2.24. The highest BCUT2D eigenvalue weighted by molar-refractivity contribution is 7.15. The summed E-state index contributed by atoms with van der Waals surface area (Å²) < 4.78 is 10.4. The topological polar surface area (TPSA) is 84.7 Å². The van der Waals surface area contributed by atoms with E-state index in [1.54, 1.807) is 12.1 Å². The molecule has 28 heavy (non-hydrogen) atoms. The number of amides is 1. The molecule has 1 N–H and O–H groups in total. The van der Waals surface area contributed by atoms with Crippen molar-refractivity contribution in [3.63, 3.8) is 0 Å². The second-order valence-corrected chi connectivity index (χ2v) is 7.51. The van der Waals surface area contributed by atoms with Crippen molar-refractivity contribution in [2.75, 3.05) is 18.4 Å². The Morgan fingerprint density at radius 3 is 2.86 bits per heavy atom. The Morgan fingerprint density at radius 2 is 2.07 bits per heavy atom. The lowest BCUT2D eigenvalue weighted by Crippen LogP contribution is -2.35. The highest BCUT2D eigenvalue weighted by Crippen LogP contribution is 2.28. The van der Waals surface area contributed by atoms with Crippen LogP contribution in [-0.2, 0) is 29.1 Å². The first-order valence-corrected chi connectivity index (χ1v) is 9.74. The fourth-order valence-electron chi connectivity index (χ4n) is 2.97. The van der Waals surface area contributed by atoms with Gasteiger partial charge in [-0.2, -0.15) is 0 Å². The molecule has 1 amide bonds. The van der Waals surface area contributed by atoms with Gasteiger partial charge >= 0.3 is 5.97 Å². The van der Waals surface area contributed by atoms with E-state index < -0.39 is 0 Å². The van der Waals surface area contributed by atoms with Crippen LogP contribution in [0.3, 0.4) is 0 Å². The molecular weight excluding hydrogens is 378 g/mol. The van der Waals surface area contributed by atoms with E-state index in [2.05, 4.69) is 10.3 Å². The second kappa shape index (κ2) is 8.37. The number of thiazole rings is 1. The number of furan rings is 1. The van der Waals surface area contributed by atoms with Gasteiger partial charge in [0.2, 0.25) is 0 Å². The largest absolute Gasteiger partial charge is 0.460 e. The Balaban J connectivity index is 1.30. The number of carbonyl (C=O) groups is 2. The number of esters is 1. The van der Waals surface area contributed by atoms with Gasteiger partial charge in [0, 0.05) is 24.4 Å². The molecule has 4 rings (SSSR count). The molecule has 0 aliphatic carbocycles. The first-order valence-electron chi connectivity index (χ1n) is 8.93. The molecule has 0 atom stereocenters. The van der Waals surface area contributed by atoms with Crippen molar-refractivity contribution in [3.8, 4) is 0 Å². The van der Waals surface area contributed by atoms with Crippen molar-refractivity contribution in [3.05, 3.63) is 70.6 Å². The SMILES string of the molecule is O=C(CN1CCc2nc(NC(=O)c3ccco3)sc2C1)OCc1ccccc1. The molecule has 8 heteroatoms. The van der Waals surface area contributed by atoms with Crippen LogP contribution in [0.25, 0.3) is 0 Å². The van der Waals surface area contributed by atoms with E-state index in [1.165, 1.54) is 17.6 Å². The van der Waals surface area contributed by atoms with Crippen LogP contribution >= 0.6 is 11.3 Å². The minimum atomic E-state index is -0.322. The summed E-state index contributed by atoms with van der Waals surface area (Å²) in [7, 11) is 0. The van der Waals surface area contributed by atoms with Crippen molar-refractivity contribution in [1.82, 2.24) is 9.88 Å². The van der Waals surface area contributed by atoms with Crippen molar-refractivity contribution in [2.45, 2.75) is 19.6 Å². The van der Waals surface area contributed by atoms with E-state index in [4.69, 9.17) is 9.15 Å². The second-order valence-electron chi connectivity index (χ2n) is 6.43. The number of fused-ring (bicyclic) bond motifs is 1. The number of hydrogen-bond acceptors (Lipinski definition) is 7. The molecular formula is C20H19N3O4S.